The van der Waals surface area contributed by atoms with Crippen LogP contribution in [0.15, 0.2) is 0 Å². The number of hydrogen-bond donors (Lipinski definition) is 1. The van der Waals surface area contributed by atoms with Gasteiger partial charge in [0.05, 0.1) is 6.61 Å². The van der Waals surface area contributed by atoms with Crippen molar-refractivity contribution in [2.45, 2.75) is 33.0 Å². The summed E-state index contributed by atoms with van der Waals surface area (Å²) in [4.78, 5) is 21.7. The van der Waals surface area contributed by atoms with Crippen LogP contribution in [-0.4, -0.2) is 35.9 Å². The molecule has 0 bridgehead atoms. The van der Waals surface area contributed by atoms with Gasteiger partial charge in [-0.25, -0.2) is 9.59 Å². The first-order valence-electron chi connectivity index (χ1n) is 4.04. The van der Waals surface area contributed by atoms with Gasteiger partial charge in [0.25, 0.3) is 0 Å². The van der Waals surface area contributed by atoms with E-state index in [1.54, 1.807) is 6.92 Å². The molecular formula is C8H14O5. The number of hydrogen-bond acceptors (Lipinski definition) is 5. The maximum atomic E-state index is 10.9. The summed E-state index contributed by atoms with van der Waals surface area (Å²) in [5, 5.41) is 8.75. The van der Waals surface area contributed by atoms with Gasteiger partial charge < -0.3 is 14.6 Å². The largest absolute Gasteiger partial charge is 0.463 e. The van der Waals surface area contributed by atoms with Gasteiger partial charge in [0.2, 0.25) is 0 Å². The SMILES string of the molecule is CCOC(=O)[C@@H](C)OC(=O)[C@H](C)O. The van der Waals surface area contributed by atoms with Crippen molar-refractivity contribution >= 4 is 11.9 Å². The standard InChI is InChI=1S/C8H14O5/c1-4-12-8(11)6(3)13-7(10)5(2)9/h5-6,9H,4H2,1-3H3/t5-,6+/m0/s1. The lowest BCUT2D eigenvalue weighted by atomic mass is 10.4. The van der Waals surface area contributed by atoms with E-state index in [0.29, 0.717) is 0 Å². The van der Waals surface area contributed by atoms with Gasteiger partial charge in [-0.3, -0.25) is 0 Å². The van der Waals surface area contributed by atoms with Gasteiger partial charge in [-0.1, -0.05) is 0 Å². The van der Waals surface area contributed by atoms with Crippen LogP contribution in [0, 0.1) is 0 Å². The molecule has 0 radical (unpaired) electrons. The molecule has 0 spiro atoms. The summed E-state index contributed by atoms with van der Waals surface area (Å²) in [6, 6.07) is 0. The van der Waals surface area contributed by atoms with Gasteiger partial charge in [0.1, 0.15) is 6.10 Å². The molecular weight excluding hydrogens is 176 g/mol. The van der Waals surface area contributed by atoms with Crippen molar-refractivity contribution in [2.75, 3.05) is 6.61 Å². The molecule has 0 aromatic heterocycles. The van der Waals surface area contributed by atoms with Crippen LogP contribution in [0.4, 0.5) is 0 Å². The third-order valence-corrected chi connectivity index (χ3v) is 1.25. The maximum Gasteiger partial charge on any atom is 0.347 e. The van der Waals surface area contributed by atoms with E-state index in [2.05, 4.69) is 9.47 Å². The molecule has 0 unspecified atom stereocenters. The Hall–Kier alpha value is -1.10. The highest BCUT2D eigenvalue weighted by Gasteiger charge is 2.20. The van der Waals surface area contributed by atoms with Crippen LogP contribution in [0.3, 0.4) is 0 Å². The lowest BCUT2D eigenvalue weighted by molar-refractivity contribution is -0.171. The van der Waals surface area contributed by atoms with Crippen LogP contribution in [0.1, 0.15) is 20.8 Å². The highest BCUT2D eigenvalue weighted by atomic mass is 16.6. The van der Waals surface area contributed by atoms with Crippen LogP contribution < -0.4 is 0 Å². The first-order chi connectivity index (χ1) is 5.99. The molecule has 0 aliphatic heterocycles. The van der Waals surface area contributed by atoms with Gasteiger partial charge in [0, 0.05) is 0 Å². The Morgan fingerprint density at radius 1 is 1.31 bits per heavy atom. The van der Waals surface area contributed by atoms with E-state index in [1.807, 2.05) is 0 Å². The molecule has 0 saturated carbocycles. The number of rotatable bonds is 4. The van der Waals surface area contributed by atoms with Gasteiger partial charge in [-0.2, -0.15) is 0 Å². The normalized spacial score (nSPS) is 14.5. The van der Waals surface area contributed by atoms with Crippen molar-refractivity contribution < 1.29 is 24.2 Å². The number of carbonyl (C=O) groups is 2. The molecule has 0 aromatic carbocycles. The molecule has 5 nitrogen and oxygen atoms in total. The Balaban J connectivity index is 3.92. The number of ether oxygens (including phenoxy) is 2. The smallest absolute Gasteiger partial charge is 0.347 e. The second-order valence-corrected chi connectivity index (χ2v) is 2.51. The predicted octanol–water partition coefficient (Wildman–Crippen LogP) is -0.138. The zero-order valence-electron chi connectivity index (χ0n) is 7.94. The fourth-order valence-electron chi connectivity index (χ4n) is 0.580. The number of esters is 2. The van der Waals surface area contributed by atoms with Crippen LogP contribution >= 0.6 is 0 Å². The van der Waals surface area contributed by atoms with Gasteiger partial charge in [-0.15, -0.1) is 0 Å². The molecule has 0 aromatic rings. The molecule has 0 rings (SSSR count). The van der Waals surface area contributed by atoms with Crippen LogP contribution in [0.5, 0.6) is 0 Å². The minimum Gasteiger partial charge on any atom is -0.463 e. The highest BCUT2D eigenvalue weighted by molar-refractivity contribution is 5.80. The molecule has 0 aliphatic carbocycles. The second kappa shape index (κ2) is 5.53. The van der Waals surface area contributed by atoms with Gasteiger partial charge in [-0.05, 0) is 20.8 Å². The Morgan fingerprint density at radius 2 is 1.85 bits per heavy atom. The molecule has 1 N–H and O–H groups in total. The zero-order valence-corrected chi connectivity index (χ0v) is 7.94. The first kappa shape index (κ1) is 11.9. The van der Waals surface area contributed by atoms with E-state index in [0.717, 1.165) is 0 Å². The lowest BCUT2D eigenvalue weighted by Crippen LogP contribution is -2.30. The molecule has 0 aliphatic rings. The van der Waals surface area contributed by atoms with Gasteiger partial charge >= 0.3 is 11.9 Å². The van der Waals surface area contributed by atoms with E-state index < -0.39 is 24.1 Å². The lowest BCUT2D eigenvalue weighted by Gasteiger charge is -2.12. The van der Waals surface area contributed by atoms with E-state index in [-0.39, 0.29) is 6.61 Å². The number of aliphatic hydroxyl groups is 1. The molecule has 5 heteroatoms. The maximum absolute atomic E-state index is 10.9. The average Bonchev–Trinajstić information content (AvgIpc) is 2.04. The van der Waals surface area contributed by atoms with Crippen LogP contribution in [-0.2, 0) is 19.1 Å². The van der Waals surface area contributed by atoms with Crippen LogP contribution in [0.25, 0.3) is 0 Å². The average molecular weight is 190 g/mol. The third kappa shape index (κ3) is 4.47. The molecule has 0 saturated heterocycles. The Morgan fingerprint density at radius 3 is 2.23 bits per heavy atom. The van der Waals surface area contributed by atoms with E-state index in [9.17, 15) is 9.59 Å². The van der Waals surface area contributed by atoms with E-state index in [4.69, 9.17) is 5.11 Å². The molecule has 0 fully saturated rings. The molecule has 13 heavy (non-hydrogen) atoms. The zero-order chi connectivity index (χ0) is 10.4. The second-order valence-electron chi connectivity index (χ2n) is 2.51. The van der Waals surface area contributed by atoms with Crippen molar-refractivity contribution in [3.63, 3.8) is 0 Å². The molecule has 0 heterocycles. The van der Waals surface area contributed by atoms with Crippen molar-refractivity contribution in [1.29, 1.82) is 0 Å². The topological polar surface area (TPSA) is 72.8 Å². The fourth-order valence-corrected chi connectivity index (χ4v) is 0.580. The highest BCUT2D eigenvalue weighted by Crippen LogP contribution is 1.97. The quantitative estimate of drug-likeness (QED) is 0.625. The number of carbonyl (C=O) groups excluding carboxylic acids is 2. The first-order valence-corrected chi connectivity index (χ1v) is 4.04. The monoisotopic (exact) mass is 190 g/mol. The summed E-state index contributed by atoms with van der Waals surface area (Å²) in [6.07, 6.45) is -2.20. The summed E-state index contributed by atoms with van der Waals surface area (Å²) >= 11 is 0. The number of aliphatic hydroxyl groups excluding tert-OH is 1. The molecule has 76 valence electrons. The minimum atomic E-state index is -1.23. The van der Waals surface area contributed by atoms with Crippen LogP contribution in [0.2, 0.25) is 0 Å². The summed E-state index contributed by atoms with van der Waals surface area (Å²) in [5.41, 5.74) is 0. The Bertz CT molecular complexity index is 187. The van der Waals surface area contributed by atoms with Crippen molar-refractivity contribution in [3.05, 3.63) is 0 Å². The molecule has 2 atom stereocenters. The van der Waals surface area contributed by atoms with Crippen molar-refractivity contribution in [1.82, 2.24) is 0 Å². The molecule has 0 amide bonds. The third-order valence-electron chi connectivity index (χ3n) is 1.25. The Labute approximate surface area is 76.6 Å². The Kier molecular flexibility index (Phi) is 5.06. The predicted molar refractivity (Wildman–Crippen MR) is 43.9 cm³/mol. The van der Waals surface area contributed by atoms with Gasteiger partial charge in [0.15, 0.2) is 6.10 Å². The van der Waals surface area contributed by atoms with E-state index in [1.165, 1.54) is 13.8 Å². The summed E-state index contributed by atoms with van der Waals surface area (Å²) in [5.74, 6) is -1.45. The van der Waals surface area contributed by atoms with Crippen molar-refractivity contribution in [3.8, 4) is 0 Å². The summed E-state index contributed by atoms with van der Waals surface area (Å²) in [7, 11) is 0. The van der Waals surface area contributed by atoms with E-state index >= 15 is 0 Å². The minimum absolute atomic E-state index is 0.232. The van der Waals surface area contributed by atoms with Crippen molar-refractivity contribution in [2.24, 2.45) is 0 Å². The summed E-state index contributed by atoms with van der Waals surface area (Å²) in [6.45, 7) is 4.54. The summed E-state index contributed by atoms with van der Waals surface area (Å²) < 4.78 is 9.15. The fraction of sp³-hybridized carbons (Fsp3) is 0.750.